The first-order valence-electron chi connectivity index (χ1n) is 6.07. The Morgan fingerprint density at radius 3 is 2.41 bits per heavy atom. The second kappa shape index (κ2) is 6.35. The summed E-state index contributed by atoms with van der Waals surface area (Å²) in [6, 6.07) is 0. The molecule has 6 heteroatoms. The Morgan fingerprint density at radius 1 is 1.29 bits per heavy atom. The monoisotopic (exact) mass is 263 g/mol. The second-order valence-corrected chi connectivity index (χ2v) is 6.87. The Morgan fingerprint density at radius 2 is 1.88 bits per heavy atom. The average Bonchev–Trinajstić information content (AvgIpc) is 2.26. The maximum absolute atomic E-state index is 11.9. The molecule has 0 aromatic heterocycles. The number of carbonyl (C=O) groups is 1. The molecule has 1 saturated carbocycles. The molecule has 100 valence electrons. The van der Waals surface area contributed by atoms with Crippen LogP contribution in [0.25, 0.3) is 0 Å². The van der Waals surface area contributed by atoms with E-state index in [-0.39, 0.29) is 24.6 Å². The van der Waals surface area contributed by atoms with E-state index < -0.39 is 16.0 Å². The van der Waals surface area contributed by atoms with Crippen molar-refractivity contribution in [3.05, 3.63) is 0 Å². The molecule has 0 unspecified atom stereocenters. The van der Waals surface area contributed by atoms with E-state index >= 15 is 0 Å². The predicted octanol–water partition coefficient (Wildman–Crippen LogP) is 1.30. The molecule has 0 aliphatic heterocycles. The van der Waals surface area contributed by atoms with E-state index in [0.717, 1.165) is 25.7 Å². The maximum Gasteiger partial charge on any atom is 0.304 e. The third-order valence-electron chi connectivity index (χ3n) is 3.29. The Hall–Kier alpha value is -0.620. The van der Waals surface area contributed by atoms with Crippen LogP contribution in [0.15, 0.2) is 0 Å². The molecule has 1 aliphatic carbocycles. The summed E-state index contributed by atoms with van der Waals surface area (Å²) < 4.78 is 25.1. The van der Waals surface area contributed by atoms with E-state index in [1.165, 1.54) is 17.8 Å². The fourth-order valence-electron chi connectivity index (χ4n) is 2.17. The summed E-state index contributed by atoms with van der Waals surface area (Å²) >= 11 is 0. The molecule has 1 aliphatic rings. The number of rotatable bonds is 6. The van der Waals surface area contributed by atoms with Crippen LogP contribution in [0, 0.1) is 5.92 Å². The lowest BCUT2D eigenvalue weighted by Gasteiger charge is -2.24. The van der Waals surface area contributed by atoms with Crippen LogP contribution >= 0.6 is 0 Å². The zero-order valence-corrected chi connectivity index (χ0v) is 11.1. The lowest BCUT2D eigenvalue weighted by atomic mass is 9.91. The van der Waals surface area contributed by atoms with E-state index in [0.29, 0.717) is 0 Å². The molecule has 0 radical (unpaired) electrons. The van der Waals surface area contributed by atoms with Crippen molar-refractivity contribution in [1.29, 1.82) is 0 Å². The normalized spacial score (nSPS) is 18.5. The third-order valence-corrected chi connectivity index (χ3v) is 5.31. The molecule has 0 aromatic carbocycles. The molecule has 0 heterocycles. The molecule has 1 fully saturated rings. The minimum atomic E-state index is -3.29. The van der Waals surface area contributed by atoms with Gasteiger partial charge in [0.25, 0.3) is 0 Å². The highest BCUT2D eigenvalue weighted by Gasteiger charge is 2.24. The van der Waals surface area contributed by atoms with Gasteiger partial charge in [-0.25, -0.2) is 12.7 Å². The molecular weight excluding hydrogens is 242 g/mol. The Kier molecular flexibility index (Phi) is 5.39. The zero-order valence-electron chi connectivity index (χ0n) is 10.3. The van der Waals surface area contributed by atoms with Gasteiger partial charge < -0.3 is 5.11 Å². The lowest BCUT2D eigenvalue weighted by molar-refractivity contribution is -0.137. The topological polar surface area (TPSA) is 74.7 Å². The standard InChI is InChI=1S/C11H21NO4S/c1-12(8-7-11(13)14)17(15,16)9-10-5-3-2-4-6-10/h10H,2-9H2,1H3,(H,13,14). The highest BCUT2D eigenvalue weighted by molar-refractivity contribution is 7.89. The number of aliphatic carboxylic acids is 1. The number of carboxylic acid groups (broad SMARTS) is 1. The minimum Gasteiger partial charge on any atom is -0.481 e. The number of sulfonamides is 1. The van der Waals surface area contributed by atoms with Gasteiger partial charge in [0, 0.05) is 13.6 Å². The summed E-state index contributed by atoms with van der Waals surface area (Å²) in [4.78, 5) is 10.4. The maximum atomic E-state index is 11.9. The fraction of sp³-hybridized carbons (Fsp3) is 0.909. The number of carboxylic acids is 1. The molecule has 0 atom stereocenters. The molecule has 0 spiro atoms. The van der Waals surface area contributed by atoms with Crippen molar-refractivity contribution in [3.8, 4) is 0 Å². The number of hydrogen-bond acceptors (Lipinski definition) is 3. The van der Waals surface area contributed by atoms with E-state index in [4.69, 9.17) is 5.11 Å². The van der Waals surface area contributed by atoms with Crippen molar-refractivity contribution in [2.45, 2.75) is 38.5 Å². The summed E-state index contributed by atoms with van der Waals surface area (Å²) in [6.45, 7) is 0.0599. The van der Waals surface area contributed by atoms with Gasteiger partial charge >= 0.3 is 5.97 Å². The van der Waals surface area contributed by atoms with Crippen molar-refractivity contribution in [2.75, 3.05) is 19.3 Å². The van der Waals surface area contributed by atoms with Crippen molar-refractivity contribution in [3.63, 3.8) is 0 Å². The van der Waals surface area contributed by atoms with Crippen molar-refractivity contribution < 1.29 is 18.3 Å². The van der Waals surface area contributed by atoms with Gasteiger partial charge in [-0.05, 0) is 18.8 Å². The van der Waals surface area contributed by atoms with Crippen LogP contribution < -0.4 is 0 Å². The first-order valence-corrected chi connectivity index (χ1v) is 7.68. The van der Waals surface area contributed by atoms with Crippen LogP contribution in [0.5, 0.6) is 0 Å². The van der Waals surface area contributed by atoms with E-state index in [9.17, 15) is 13.2 Å². The van der Waals surface area contributed by atoms with Crippen LogP contribution in [0.2, 0.25) is 0 Å². The van der Waals surface area contributed by atoms with Crippen LogP contribution in [-0.2, 0) is 14.8 Å². The average molecular weight is 263 g/mol. The van der Waals surface area contributed by atoms with Crippen molar-refractivity contribution in [1.82, 2.24) is 4.31 Å². The smallest absolute Gasteiger partial charge is 0.304 e. The summed E-state index contributed by atoms with van der Waals surface area (Å²) in [7, 11) is -1.83. The fourth-order valence-corrected chi connectivity index (χ4v) is 3.72. The van der Waals surface area contributed by atoms with Gasteiger partial charge in [-0.15, -0.1) is 0 Å². The zero-order chi connectivity index (χ0) is 12.9. The van der Waals surface area contributed by atoms with Crippen LogP contribution in [-0.4, -0.2) is 43.1 Å². The summed E-state index contributed by atoms with van der Waals surface area (Å²) in [5, 5.41) is 8.53. The van der Waals surface area contributed by atoms with E-state index in [2.05, 4.69) is 0 Å². The second-order valence-electron chi connectivity index (χ2n) is 4.75. The SMILES string of the molecule is CN(CCC(=O)O)S(=O)(=O)CC1CCCCC1. The molecule has 0 amide bonds. The van der Waals surface area contributed by atoms with Gasteiger partial charge in [0.1, 0.15) is 0 Å². The number of hydrogen-bond donors (Lipinski definition) is 1. The third kappa shape index (κ3) is 5.04. The highest BCUT2D eigenvalue weighted by Crippen LogP contribution is 2.25. The van der Waals surface area contributed by atoms with E-state index in [1.54, 1.807) is 0 Å². The van der Waals surface area contributed by atoms with E-state index in [1.807, 2.05) is 0 Å². The Bertz CT molecular complexity index is 346. The molecule has 5 nitrogen and oxygen atoms in total. The van der Waals surface area contributed by atoms with Gasteiger partial charge in [-0.1, -0.05) is 19.3 Å². The van der Waals surface area contributed by atoms with Crippen LogP contribution in [0.3, 0.4) is 0 Å². The largest absolute Gasteiger partial charge is 0.481 e. The highest BCUT2D eigenvalue weighted by atomic mass is 32.2. The minimum absolute atomic E-state index is 0.0599. The summed E-state index contributed by atoms with van der Waals surface area (Å²) in [5.41, 5.74) is 0. The van der Waals surface area contributed by atoms with Gasteiger partial charge in [0.15, 0.2) is 0 Å². The van der Waals surface area contributed by atoms with Gasteiger partial charge in [-0.2, -0.15) is 0 Å². The van der Waals surface area contributed by atoms with Crippen molar-refractivity contribution >= 4 is 16.0 Å². The molecule has 0 aromatic rings. The van der Waals surface area contributed by atoms with Gasteiger partial charge in [0.05, 0.1) is 12.2 Å². The van der Waals surface area contributed by atoms with Gasteiger partial charge in [-0.3, -0.25) is 4.79 Å². The van der Waals surface area contributed by atoms with Crippen molar-refractivity contribution in [2.24, 2.45) is 5.92 Å². The summed E-state index contributed by atoms with van der Waals surface area (Å²) in [5.74, 6) is -0.547. The van der Waals surface area contributed by atoms with Crippen LogP contribution in [0.1, 0.15) is 38.5 Å². The number of nitrogens with zero attached hydrogens (tertiary/aromatic N) is 1. The first-order chi connectivity index (χ1) is 7.92. The Balaban J connectivity index is 2.45. The molecular formula is C11H21NO4S. The summed E-state index contributed by atoms with van der Waals surface area (Å²) in [6.07, 6.45) is 5.24. The molecule has 1 rings (SSSR count). The molecule has 0 bridgehead atoms. The lowest BCUT2D eigenvalue weighted by Crippen LogP contribution is -2.34. The van der Waals surface area contributed by atoms with Crippen LogP contribution in [0.4, 0.5) is 0 Å². The Labute approximate surface area is 103 Å². The molecule has 0 saturated heterocycles. The van der Waals surface area contributed by atoms with Gasteiger partial charge in [0.2, 0.25) is 10.0 Å². The predicted molar refractivity (Wildman–Crippen MR) is 65.2 cm³/mol. The molecule has 1 N–H and O–H groups in total. The molecule has 17 heavy (non-hydrogen) atoms. The first kappa shape index (κ1) is 14.4. The quantitative estimate of drug-likeness (QED) is 0.784.